The number of aromatic nitrogens is 2. The minimum atomic E-state index is -0.620. The average Bonchev–Trinajstić information content (AvgIpc) is 3.05. The summed E-state index contributed by atoms with van der Waals surface area (Å²) in [6.45, 7) is 1.86. The molecule has 0 amide bonds. The minimum Gasteiger partial charge on any atom is -0.394 e. The Bertz CT molecular complexity index is 1140. The van der Waals surface area contributed by atoms with Crippen molar-refractivity contribution in [1.82, 2.24) is 9.55 Å². The van der Waals surface area contributed by atoms with E-state index in [1.54, 1.807) is 34.6 Å². The van der Waals surface area contributed by atoms with E-state index < -0.39 is 6.10 Å². The molecule has 0 radical (unpaired) electrons. The molecule has 152 valence electrons. The molecule has 3 heterocycles. The third-order valence-corrected chi connectivity index (χ3v) is 6.07. The molecule has 1 aliphatic rings. The molecule has 2 aromatic heterocycles. The first kappa shape index (κ1) is 20.4. The van der Waals surface area contributed by atoms with Gasteiger partial charge in [-0.1, -0.05) is 40.9 Å². The lowest BCUT2D eigenvalue weighted by Gasteiger charge is -2.26. The number of aliphatic hydroxyl groups excluding tert-OH is 2. The van der Waals surface area contributed by atoms with Crippen molar-refractivity contribution in [3.05, 3.63) is 61.4 Å². The second-order valence-electron chi connectivity index (χ2n) is 7.09. The molecule has 4 rings (SSSR count). The highest BCUT2D eigenvalue weighted by molar-refractivity contribution is 6.38. The monoisotopic (exact) mass is 453 g/mol. The maximum absolute atomic E-state index is 13.0. The van der Waals surface area contributed by atoms with Crippen molar-refractivity contribution in [1.29, 1.82) is 0 Å². The lowest BCUT2D eigenvalue weighted by Crippen LogP contribution is -2.34. The van der Waals surface area contributed by atoms with Crippen LogP contribution in [-0.4, -0.2) is 45.1 Å². The highest BCUT2D eigenvalue weighted by atomic mass is 35.5. The van der Waals surface area contributed by atoms with Crippen LogP contribution >= 0.6 is 34.8 Å². The predicted molar refractivity (Wildman–Crippen MR) is 116 cm³/mol. The molecule has 0 saturated carbocycles. The number of aliphatic hydroxyl groups is 2. The maximum Gasteiger partial charge on any atom is 0.193 e. The molecule has 3 aromatic rings. The summed E-state index contributed by atoms with van der Waals surface area (Å²) in [6.07, 6.45) is 1.22. The number of benzene rings is 1. The second kappa shape index (κ2) is 7.78. The Morgan fingerprint density at radius 2 is 1.90 bits per heavy atom. The summed E-state index contributed by atoms with van der Waals surface area (Å²) >= 11 is 19.4. The second-order valence-corrected chi connectivity index (χ2v) is 8.31. The molecule has 2 N–H and O–H groups in total. The quantitative estimate of drug-likeness (QED) is 0.632. The Kier molecular flexibility index (Phi) is 5.48. The van der Waals surface area contributed by atoms with E-state index in [1.807, 2.05) is 0 Å². The van der Waals surface area contributed by atoms with Crippen LogP contribution in [0.5, 0.6) is 0 Å². The fourth-order valence-corrected chi connectivity index (χ4v) is 4.74. The van der Waals surface area contributed by atoms with Gasteiger partial charge in [-0.2, -0.15) is 0 Å². The molecule has 1 aliphatic heterocycles. The van der Waals surface area contributed by atoms with Crippen LogP contribution in [0.1, 0.15) is 12.1 Å². The van der Waals surface area contributed by atoms with E-state index in [4.69, 9.17) is 34.8 Å². The van der Waals surface area contributed by atoms with Gasteiger partial charge in [0.25, 0.3) is 0 Å². The Hall–Kier alpha value is -1.83. The lowest BCUT2D eigenvalue weighted by molar-refractivity contribution is 0.184. The highest BCUT2D eigenvalue weighted by Gasteiger charge is 2.33. The third kappa shape index (κ3) is 3.39. The van der Waals surface area contributed by atoms with Crippen LogP contribution in [-0.2, 0) is 0 Å². The lowest BCUT2D eigenvalue weighted by atomic mass is 10.1. The van der Waals surface area contributed by atoms with Crippen molar-refractivity contribution >= 4 is 51.5 Å². The van der Waals surface area contributed by atoms with E-state index in [2.05, 4.69) is 4.98 Å². The molecule has 1 fully saturated rings. The molecule has 2 atom stereocenters. The first-order valence-electron chi connectivity index (χ1n) is 9.04. The van der Waals surface area contributed by atoms with Crippen molar-refractivity contribution in [2.45, 2.75) is 25.5 Å². The van der Waals surface area contributed by atoms with Gasteiger partial charge >= 0.3 is 0 Å². The molecular weight excluding hydrogens is 437 g/mol. The Morgan fingerprint density at radius 1 is 1.21 bits per heavy atom. The number of halogens is 3. The third-order valence-electron chi connectivity index (χ3n) is 5.19. The molecule has 1 aromatic carbocycles. The summed E-state index contributed by atoms with van der Waals surface area (Å²) in [5.41, 5.74) is 1.28. The summed E-state index contributed by atoms with van der Waals surface area (Å²) in [7, 11) is 0. The molecule has 1 saturated heterocycles. The maximum atomic E-state index is 13.0. The Labute approximate surface area is 181 Å². The van der Waals surface area contributed by atoms with E-state index >= 15 is 0 Å². The minimum absolute atomic E-state index is 0.167. The zero-order chi connectivity index (χ0) is 20.9. The number of aryl methyl sites for hydroxylation is 1. The molecule has 0 bridgehead atoms. The number of anilines is 1. The molecule has 29 heavy (non-hydrogen) atoms. The van der Waals surface area contributed by atoms with Gasteiger partial charge in [0.15, 0.2) is 5.43 Å². The van der Waals surface area contributed by atoms with Gasteiger partial charge in [-0.15, -0.1) is 0 Å². The smallest absolute Gasteiger partial charge is 0.193 e. The molecule has 6 nitrogen and oxygen atoms in total. The van der Waals surface area contributed by atoms with Crippen molar-refractivity contribution in [2.24, 2.45) is 0 Å². The van der Waals surface area contributed by atoms with E-state index in [0.717, 1.165) is 0 Å². The fourth-order valence-electron chi connectivity index (χ4n) is 3.95. The summed E-state index contributed by atoms with van der Waals surface area (Å²) in [5.74, 6) is 0.363. The number of hydrogen-bond donors (Lipinski definition) is 2. The van der Waals surface area contributed by atoms with Crippen LogP contribution in [0, 0.1) is 6.92 Å². The summed E-state index contributed by atoms with van der Waals surface area (Å²) in [5, 5.41) is 21.2. The van der Waals surface area contributed by atoms with E-state index in [-0.39, 0.29) is 35.0 Å². The number of β-amino-alcohol motifs (C(OH)–C–C–N with tert-alkyl or cyclic N) is 1. The fraction of sp³-hybridized carbons (Fsp3) is 0.300. The van der Waals surface area contributed by atoms with Crippen LogP contribution in [0.3, 0.4) is 0 Å². The molecular formula is C20H18Cl3N3O3. The topological polar surface area (TPSA) is 78.6 Å². The van der Waals surface area contributed by atoms with Crippen LogP contribution in [0.15, 0.2) is 35.3 Å². The van der Waals surface area contributed by atoms with Crippen molar-refractivity contribution in [3.8, 4) is 5.69 Å². The van der Waals surface area contributed by atoms with E-state index in [1.165, 1.54) is 12.3 Å². The van der Waals surface area contributed by atoms with Gasteiger partial charge in [0, 0.05) is 18.3 Å². The number of nitrogens with zero attached hydrogens (tertiary/aromatic N) is 3. The van der Waals surface area contributed by atoms with Gasteiger partial charge in [0.05, 0.1) is 56.6 Å². The van der Waals surface area contributed by atoms with Gasteiger partial charge in [-0.05, 0) is 25.5 Å². The summed E-state index contributed by atoms with van der Waals surface area (Å²) in [6, 6.07) is 6.28. The summed E-state index contributed by atoms with van der Waals surface area (Å²) in [4.78, 5) is 19.2. The number of hydrogen-bond acceptors (Lipinski definition) is 5. The molecule has 0 spiro atoms. The number of pyridine rings is 2. The zero-order valence-corrected chi connectivity index (χ0v) is 17.7. The Balaban J connectivity index is 2.10. The first-order valence-corrected chi connectivity index (χ1v) is 10.2. The first-order chi connectivity index (χ1) is 13.8. The summed E-state index contributed by atoms with van der Waals surface area (Å²) < 4.78 is 1.75. The number of para-hydroxylation sites is 1. The van der Waals surface area contributed by atoms with Crippen molar-refractivity contribution < 1.29 is 10.2 Å². The largest absolute Gasteiger partial charge is 0.394 e. The normalized spacial score (nSPS) is 19.3. The number of rotatable bonds is 3. The highest BCUT2D eigenvalue weighted by Crippen LogP contribution is 2.37. The van der Waals surface area contributed by atoms with E-state index in [9.17, 15) is 15.0 Å². The van der Waals surface area contributed by atoms with Crippen LogP contribution in [0.2, 0.25) is 15.1 Å². The Morgan fingerprint density at radius 3 is 2.55 bits per heavy atom. The average molecular weight is 455 g/mol. The molecule has 0 aliphatic carbocycles. The zero-order valence-electron chi connectivity index (χ0n) is 15.4. The van der Waals surface area contributed by atoms with Crippen molar-refractivity contribution in [2.75, 3.05) is 18.1 Å². The standard InChI is InChI=1S/C20H18Cl3N3O3/c1-10-5-16(29)17-19(26(10)18-13(21)3-2-4-14(18)22)15(23)7-24-20(17)25-8-12(28)6-11(25)9-27/h2-5,7,11-12,27-28H,6,8-9H2,1H3/t11-,12+/m1/s1. The SMILES string of the molecule is Cc1cc(=O)c2c(N3C[C@@H](O)C[C@@H]3CO)ncc(Cl)c2n1-c1c(Cl)cccc1Cl. The van der Waals surface area contributed by atoms with Crippen molar-refractivity contribution in [3.63, 3.8) is 0 Å². The van der Waals surface area contributed by atoms with Gasteiger partial charge < -0.3 is 19.7 Å². The van der Waals surface area contributed by atoms with Gasteiger partial charge in [-0.3, -0.25) is 4.79 Å². The number of fused-ring (bicyclic) bond motifs is 1. The van der Waals surface area contributed by atoms with Gasteiger partial charge in [0.1, 0.15) is 5.82 Å². The predicted octanol–water partition coefficient (Wildman–Crippen LogP) is 3.59. The molecule has 9 heteroatoms. The molecule has 0 unspecified atom stereocenters. The van der Waals surface area contributed by atoms with Gasteiger partial charge in [0.2, 0.25) is 0 Å². The van der Waals surface area contributed by atoms with Crippen LogP contribution in [0.4, 0.5) is 5.82 Å². The van der Waals surface area contributed by atoms with Crippen LogP contribution in [0.25, 0.3) is 16.6 Å². The van der Waals surface area contributed by atoms with Crippen LogP contribution < -0.4 is 10.3 Å². The van der Waals surface area contributed by atoms with E-state index in [0.29, 0.717) is 39.2 Å². The van der Waals surface area contributed by atoms with Gasteiger partial charge in [-0.25, -0.2) is 4.98 Å².